The van der Waals surface area contributed by atoms with Crippen molar-refractivity contribution in [3.63, 3.8) is 0 Å². The van der Waals surface area contributed by atoms with Gasteiger partial charge in [0.2, 0.25) is 5.91 Å². The first-order valence-electron chi connectivity index (χ1n) is 7.85. The molecule has 1 fully saturated rings. The van der Waals surface area contributed by atoms with Crippen molar-refractivity contribution in [2.24, 2.45) is 0 Å². The second kappa shape index (κ2) is 8.10. The molecule has 1 aromatic rings. The molecule has 20 heavy (non-hydrogen) atoms. The van der Waals surface area contributed by atoms with Crippen LogP contribution in [0, 0.1) is 0 Å². The van der Waals surface area contributed by atoms with E-state index in [2.05, 4.69) is 12.2 Å². The minimum absolute atomic E-state index is 0.270. The van der Waals surface area contributed by atoms with Crippen LogP contribution in [-0.2, 0) is 17.9 Å². The molecule has 1 amide bonds. The van der Waals surface area contributed by atoms with Gasteiger partial charge >= 0.3 is 0 Å². The van der Waals surface area contributed by atoms with Crippen LogP contribution < -0.4 is 5.32 Å². The van der Waals surface area contributed by atoms with Crippen LogP contribution in [0.15, 0.2) is 16.5 Å². The number of carbonyl (C=O) groups is 1. The average Bonchev–Trinajstić information content (AvgIpc) is 2.87. The summed E-state index contributed by atoms with van der Waals surface area (Å²) in [6.45, 7) is 5.39. The van der Waals surface area contributed by atoms with Crippen molar-refractivity contribution in [2.45, 2.75) is 58.5 Å². The van der Waals surface area contributed by atoms with Gasteiger partial charge in [0, 0.05) is 13.0 Å². The third-order valence-corrected chi connectivity index (χ3v) is 3.71. The molecule has 0 unspecified atom stereocenters. The third-order valence-electron chi connectivity index (χ3n) is 3.71. The molecule has 4 nitrogen and oxygen atoms in total. The largest absolute Gasteiger partial charge is 0.463 e. The van der Waals surface area contributed by atoms with Crippen molar-refractivity contribution >= 4 is 5.91 Å². The number of nitrogens with one attached hydrogen (secondary N) is 1. The molecule has 1 saturated heterocycles. The number of furan rings is 1. The summed E-state index contributed by atoms with van der Waals surface area (Å²) in [4.78, 5) is 14.0. The van der Waals surface area contributed by atoms with E-state index in [1.165, 1.54) is 12.8 Å². The lowest BCUT2D eigenvalue weighted by Gasteiger charge is -2.23. The molecular weight excluding hydrogens is 252 g/mol. The van der Waals surface area contributed by atoms with Crippen LogP contribution in [0.3, 0.4) is 0 Å². The van der Waals surface area contributed by atoms with E-state index in [-0.39, 0.29) is 5.91 Å². The quantitative estimate of drug-likeness (QED) is 0.813. The SMILES string of the molecule is CCCNCc1ccc(CN2CCCCCCC2=O)o1. The van der Waals surface area contributed by atoms with Crippen LogP contribution in [0.1, 0.15) is 57.0 Å². The van der Waals surface area contributed by atoms with Crippen molar-refractivity contribution in [1.82, 2.24) is 10.2 Å². The molecule has 112 valence electrons. The summed E-state index contributed by atoms with van der Waals surface area (Å²) in [6, 6.07) is 4.00. The maximum absolute atomic E-state index is 12.1. The summed E-state index contributed by atoms with van der Waals surface area (Å²) in [6.07, 6.45) is 6.36. The standard InChI is InChI=1S/C16H26N2O2/c1-2-10-17-12-14-8-9-15(20-14)13-18-11-6-4-3-5-7-16(18)19/h8-9,17H,2-7,10-13H2,1H3. The van der Waals surface area contributed by atoms with E-state index in [4.69, 9.17) is 4.42 Å². The van der Waals surface area contributed by atoms with Crippen LogP contribution in [0.25, 0.3) is 0 Å². The van der Waals surface area contributed by atoms with Gasteiger partial charge in [-0.3, -0.25) is 4.79 Å². The summed E-state index contributed by atoms with van der Waals surface area (Å²) < 4.78 is 5.80. The van der Waals surface area contributed by atoms with Crippen molar-refractivity contribution in [3.05, 3.63) is 23.7 Å². The lowest BCUT2D eigenvalue weighted by molar-refractivity contribution is -0.132. The molecule has 0 aliphatic carbocycles. The maximum Gasteiger partial charge on any atom is 0.222 e. The van der Waals surface area contributed by atoms with E-state index < -0.39 is 0 Å². The smallest absolute Gasteiger partial charge is 0.222 e. The summed E-state index contributed by atoms with van der Waals surface area (Å²) >= 11 is 0. The van der Waals surface area contributed by atoms with E-state index in [1.54, 1.807) is 0 Å². The summed E-state index contributed by atoms with van der Waals surface area (Å²) in [5.74, 6) is 2.12. The fourth-order valence-corrected chi connectivity index (χ4v) is 2.56. The minimum Gasteiger partial charge on any atom is -0.463 e. The monoisotopic (exact) mass is 278 g/mol. The van der Waals surface area contributed by atoms with Crippen molar-refractivity contribution in [2.75, 3.05) is 13.1 Å². The van der Waals surface area contributed by atoms with Gasteiger partial charge in [-0.05, 0) is 37.9 Å². The van der Waals surface area contributed by atoms with Gasteiger partial charge in [0.15, 0.2) is 0 Å². The Morgan fingerprint density at radius 3 is 2.85 bits per heavy atom. The number of rotatable bonds is 6. The van der Waals surface area contributed by atoms with E-state index in [1.807, 2.05) is 17.0 Å². The maximum atomic E-state index is 12.1. The normalized spacial score (nSPS) is 17.1. The fourth-order valence-electron chi connectivity index (χ4n) is 2.56. The van der Waals surface area contributed by atoms with Gasteiger partial charge in [-0.25, -0.2) is 0 Å². The van der Waals surface area contributed by atoms with Crippen LogP contribution in [0.5, 0.6) is 0 Å². The molecule has 0 spiro atoms. The number of amides is 1. The van der Waals surface area contributed by atoms with Gasteiger partial charge in [0.1, 0.15) is 11.5 Å². The van der Waals surface area contributed by atoms with Gasteiger partial charge in [-0.2, -0.15) is 0 Å². The van der Waals surface area contributed by atoms with E-state index in [9.17, 15) is 4.79 Å². The zero-order valence-corrected chi connectivity index (χ0v) is 12.5. The second-order valence-corrected chi connectivity index (χ2v) is 5.52. The molecule has 2 rings (SSSR count). The Hall–Kier alpha value is -1.29. The molecule has 1 aliphatic heterocycles. The number of hydrogen-bond acceptors (Lipinski definition) is 3. The zero-order valence-electron chi connectivity index (χ0n) is 12.5. The van der Waals surface area contributed by atoms with E-state index in [0.29, 0.717) is 13.0 Å². The molecule has 0 radical (unpaired) electrons. The lowest BCUT2D eigenvalue weighted by Crippen LogP contribution is -2.32. The average molecular weight is 278 g/mol. The molecule has 1 N–H and O–H groups in total. The topological polar surface area (TPSA) is 45.5 Å². The highest BCUT2D eigenvalue weighted by atomic mass is 16.3. The van der Waals surface area contributed by atoms with Crippen molar-refractivity contribution in [1.29, 1.82) is 0 Å². The Labute approximate surface area is 121 Å². The Kier molecular flexibility index (Phi) is 6.12. The molecule has 1 aromatic heterocycles. The van der Waals surface area contributed by atoms with Crippen LogP contribution >= 0.6 is 0 Å². The van der Waals surface area contributed by atoms with Crippen LogP contribution in [0.4, 0.5) is 0 Å². The molecule has 0 atom stereocenters. The summed E-state index contributed by atoms with van der Waals surface area (Å²) in [5.41, 5.74) is 0. The van der Waals surface area contributed by atoms with Gasteiger partial charge in [-0.15, -0.1) is 0 Å². The highest BCUT2D eigenvalue weighted by Gasteiger charge is 2.17. The fraction of sp³-hybridized carbons (Fsp3) is 0.688. The van der Waals surface area contributed by atoms with E-state index in [0.717, 1.165) is 50.4 Å². The Morgan fingerprint density at radius 1 is 1.20 bits per heavy atom. The first-order chi connectivity index (χ1) is 9.79. The Morgan fingerprint density at radius 2 is 2.00 bits per heavy atom. The van der Waals surface area contributed by atoms with E-state index >= 15 is 0 Å². The number of nitrogens with zero attached hydrogens (tertiary/aromatic N) is 1. The van der Waals surface area contributed by atoms with Gasteiger partial charge < -0.3 is 14.6 Å². The summed E-state index contributed by atoms with van der Waals surface area (Å²) in [7, 11) is 0. The molecule has 0 saturated carbocycles. The number of likely N-dealkylation sites (tertiary alicyclic amines) is 1. The zero-order chi connectivity index (χ0) is 14.2. The first-order valence-corrected chi connectivity index (χ1v) is 7.85. The van der Waals surface area contributed by atoms with Crippen LogP contribution in [0.2, 0.25) is 0 Å². The third kappa shape index (κ3) is 4.67. The molecule has 2 heterocycles. The predicted molar refractivity (Wildman–Crippen MR) is 79.2 cm³/mol. The Bertz CT molecular complexity index is 414. The van der Waals surface area contributed by atoms with Gasteiger partial charge in [0.05, 0.1) is 13.1 Å². The molecule has 0 aromatic carbocycles. The minimum atomic E-state index is 0.270. The van der Waals surface area contributed by atoms with Gasteiger partial charge in [-0.1, -0.05) is 19.8 Å². The van der Waals surface area contributed by atoms with Crippen LogP contribution in [-0.4, -0.2) is 23.9 Å². The summed E-state index contributed by atoms with van der Waals surface area (Å²) in [5, 5.41) is 3.32. The van der Waals surface area contributed by atoms with Crippen molar-refractivity contribution in [3.8, 4) is 0 Å². The van der Waals surface area contributed by atoms with Gasteiger partial charge in [0.25, 0.3) is 0 Å². The molecule has 1 aliphatic rings. The predicted octanol–water partition coefficient (Wildman–Crippen LogP) is 3.07. The highest BCUT2D eigenvalue weighted by Crippen LogP contribution is 2.16. The lowest BCUT2D eigenvalue weighted by atomic mass is 10.1. The molecular formula is C16H26N2O2. The number of carbonyl (C=O) groups excluding carboxylic acids is 1. The highest BCUT2D eigenvalue weighted by molar-refractivity contribution is 5.76. The van der Waals surface area contributed by atoms with Crippen molar-refractivity contribution < 1.29 is 9.21 Å². The molecule has 4 heteroatoms. The molecule has 0 bridgehead atoms. The Balaban J connectivity index is 1.86. The first kappa shape index (κ1) is 15.1. The second-order valence-electron chi connectivity index (χ2n) is 5.52. The number of hydrogen-bond donors (Lipinski definition) is 1.